The second-order valence-corrected chi connectivity index (χ2v) is 5.68. The summed E-state index contributed by atoms with van der Waals surface area (Å²) in [5.74, 6) is 0.00794. The number of benzene rings is 2. The molecule has 0 radical (unpaired) electrons. The third-order valence-corrected chi connectivity index (χ3v) is 3.62. The minimum atomic E-state index is -4.50. The number of alkyl halides is 3. The van der Waals surface area contributed by atoms with Crippen molar-refractivity contribution in [3.63, 3.8) is 0 Å². The van der Waals surface area contributed by atoms with Crippen LogP contribution < -0.4 is 10.2 Å². The molecule has 138 valence electrons. The van der Waals surface area contributed by atoms with Crippen LogP contribution in [0.4, 0.5) is 13.2 Å². The van der Waals surface area contributed by atoms with Gasteiger partial charge in [-0.3, -0.25) is 4.79 Å². The molecule has 1 amide bonds. The van der Waals surface area contributed by atoms with E-state index in [1.807, 2.05) is 13.8 Å². The van der Waals surface area contributed by atoms with Gasteiger partial charge >= 0.3 is 6.18 Å². The highest BCUT2D eigenvalue weighted by atomic mass is 19.4. The summed E-state index contributed by atoms with van der Waals surface area (Å²) in [5, 5.41) is 3.77. The first-order valence-corrected chi connectivity index (χ1v) is 8.07. The largest absolute Gasteiger partial charge is 0.491 e. The van der Waals surface area contributed by atoms with E-state index in [9.17, 15) is 18.0 Å². The molecule has 1 N–H and O–H groups in total. The zero-order chi connectivity index (χ0) is 19.2. The molecule has 0 saturated carbocycles. The first kappa shape index (κ1) is 19.5. The first-order chi connectivity index (χ1) is 12.3. The van der Waals surface area contributed by atoms with Gasteiger partial charge in [0.25, 0.3) is 5.91 Å². The van der Waals surface area contributed by atoms with E-state index in [4.69, 9.17) is 4.74 Å². The number of carbonyl (C=O) groups excluding carboxylic acids is 1. The normalized spacial score (nSPS) is 12.8. The van der Waals surface area contributed by atoms with Crippen molar-refractivity contribution in [1.29, 1.82) is 0 Å². The van der Waals surface area contributed by atoms with Crippen LogP contribution in [0.15, 0.2) is 53.6 Å². The first-order valence-electron chi connectivity index (χ1n) is 8.07. The Balaban J connectivity index is 1.97. The lowest BCUT2D eigenvalue weighted by atomic mass is 10.1. The Kier molecular flexibility index (Phi) is 6.38. The lowest BCUT2D eigenvalue weighted by Gasteiger charge is -2.12. The lowest BCUT2D eigenvalue weighted by molar-refractivity contribution is -0.137. The number of hydrazone groups is 1. The highest BCUT2D eigenvalue weighted by molar-refractivity contribution is 5.95. The third kappa shape index (κ3) is 5.61. The summed E-state index contributed by atoms with van der Waals surface area (Å²) in [6.07, 6.45) is -2.09. The molecule has 0 aliphatic carbocycles. The second kappa shape index (κ2) is 8.51. The molecule has 0 spiro atoms. The molecule has 0 aliphatic rings. The molecule has 0 aliphatic heterocycles. The fourth-order valence-electron chi connectivity index (χ4n) is 2.01. The highest BCUT2D eigenvalue weighted by Crippen LogP contribution is 2.29. The summed E-state index contributed by atoms with van der Waals surface area (Å²) in [4.78, 5) is 11.9. The molecule has 0 bridgehead atoms. The molecule has 2 aromatic rings. The topological polar surface area (TPSA) is 50.7 Å². The van der Waals surface area contributed by atoms with E-state index in [0.29, 0.717) is 5.56 Å². The lowest BCUT2D eigenvalue weighted by Crippen LogP contribution is -2.18. The fraction of sp³-hybridized carbons (Fsp3) is 0.263. The van der Waals surface area contributed by atoms with Crippen LogP contribution in [0.25, 0.3) is 0 Å². The molecule has 7 heteroatoms. The number of ether oxygens (including phenoxy) is 1. The smallest absolute Gasteiger partial charge is 0.416 e. The van der Waals surface area contributed by atoms with Gasteiger partial charge in [-0.25, -0.2) is 5.43 Å². The van der Waals surface area contributed by atoms with Crippen LogP contribution >= 0.6 is 0 Å². The molecular formula is C19H19F3N2O2. The Hall–Kier alpha value is -2.83. The maximum atomic E-state index is 12.7. The zero-order valence-electron chi connectivity index (χ0n) is 14.4. The van der Waals surface area contributed by atoms with Gasteiger partial charge in [-0.1, -0.05) is 13.0 Å². The van der Waals surface area contributed by atoms with Crippen molar-refractivity contribution in [2.24, 2.45) is 5.10 Å². The Bertz CT molecular complexity index is 771. The quantitative estimate of drug-likeness (QED) is 0.599. The molecule has 2 rings (SSSR count). The Labute approximate surface area is 149 Å². The van der Waals surface area contributed by atoms with Gasteiger partial charge in [0.2, 0.25) is 0 Å². The van der Waals surface area contributed by atoms with E-state index in [2.05, 4.69) is 10.5 Å². The van der Waals surface area contributed by atoms with E-state index in [1.54, 1.807) is 24.3 Å². The average molecular weight is 364 g/mol. The Morgan fingerprint density at radius 3 is 2.54 bits per heavy atom. The predicted octanol–water partition coefficient (Wildman–Crippen LogP) is 4.65. The molecule has 1 atom stereocenters. The highest BCUT2D eigenvalue weighted by Gasteiger charge is 2.30. The van der Waals surface area contributed by atoms with Crippen molar-refractivity contribution in [2.75, 3.05) is 0 Å². The van der Waals surface area contributed by atoms with E-state index < -0.39 is 17.6 Å². The Morgan fingerprint density at radius 2 is 1.92 bits per heavy atom. The van der Waals surface area contributed by atoms with Crippen LogP contribution in [-0.2, 0) is 6.18 Å². The molecule has 2 aromatic carbocycles. The SMILES string of the molecule is CC[C@@H](C)Oc1ccc(/C=N\NC(=O)c2cccc(C(F)(F)F)c2)cc1. The van der Waals surface area contributed by atoms with Crippen LogP contribution in [-0.4, -0.2) is 18.2 Å². The van der Waals surface area contributed by atoms with Crippen molar-refractivity contribution in [3.8, 4) is 5.75 Å². The van der Waals surface area contributed by atoms with Gasteiger partial charge in [-0.05, 0) is 61.4 Å². The van der Waals surface area contributed by atoms with Crippen LogP contribution in [0, 0.1) is 0 Å². The average Bonchev–Trinajstić information content (AvgIpc) is 2.62. The summed E-state index contributed by atoms with van der Waals surface area (Å²) in [7, 11) is 0. The van der Waals surface area contributed by atoms with Crippen molar-refractivity contribution < 1.29 is 22.7 Å². The third-order valence-electron chi connectivity index (χ3n) is 3.62. The maximum absolute atomic E-state index is 12.7. The second-order valence-electron chi connectivity index (χ2n) is 5.68. The number of hydrogen-bond acceptors (Lipinski definition) is 3. The van der Waals surface area contributed by atoms with Gasteiger partial charge in [-0.15, -0.1) is 0 Å². The summed E-state index contributed by atoms with van der Waals surface area (Å²) in [5.41, 5.74) is 1.93. The molecule has 0 saturated heterocycles. The van der Waals surface area contributed by atoms with E-state index in [0.717, 1.165) is 24.3 Å². The molecule has 4 nitrogen and oxygen atoms in total. The molecule has 0 aromatic heterocycles. The monoisotopic (exact) mass is 364 g/mol. The van der Waals surface area contributed by atoms with Gasteiger partial charge in [-0.2, -0.15) is 18.3 Å². The summed E-state index contributed by atoms with van der Waals surface area (Å²) in [6, 6.07) is 11.2. The van der Waals surface area contributed by atoms with Crippen LogP contribution in [0.2, 0.25) is 0 Å². The summed E-state index contributed by atoms with van der Waals surface area (Å²) < 4.78 is 43.7. The zero-order valence-corrected chi connectivity index (χ0v) is 14.4. The van der Waals surface area contributed by atoms with E-state index in [-0.39, 0.29) is 11.7 Å². The molecule has 0 unspecified atom stereocenters. The van der Waals surface area contributed by atoms with Gasteiger partial charge in [0.1, 0.15) is 5.75 Å². The van der Waals surface area contributed by atoms with Crippen LogP contribution in [0.5, 0.6) is 5.75 Å². The molecule has 26 heavy (non-hydrogen) atoms. The standard InChI is InChI=1S/C19H19F3N2O2/c1-3-13(2)26-17-9-7-14(8-10-17)12-23-24-18(25)15-5-4-6-16(11-15)19(20,21)22/h4-13H,3H2,1-2H3,(H,24,25)/b23-12-/t13-/m1/s1. The molecule has 0 heterocycles. The van der Waals surface area contributed by atoms with Gasteiger partial charge in [0.05, 0.1) is 17.9 Å². The van der Waals surface area contributed by atoms with Gasteiger partial charge in [0.15, 0.2) is 0 Å². The number of nitrogens with one attached hydrogen (secondary N) is 1. The Morgan fingerprint density at radius 1 is 1.23 bits per heavy atom. The summed E-state index contributed by atoms with van der Waals surface area (Å²) >= 11 is 0. The number of amides is 1. The predicted molar refractivity (Wildman–Crippen MR) is 93.3 cm³/mol. The minimum absolute atomic E-state index is 0.112. The number of carbonyl (C=O) groups is 1. The van der Waals surface area contributed by atoms with Crippen molar-refractivity contribution >= 4 is 12.1 Å². The van der Waals surface area contributed by atoms with E-state index in [1.165, 1.54) is 18.3 Å². The van der Waals surface area contributed by atoms with E-state index >= 15 is 0 Å². The minimum Gasteiger partial charge on any atom is -0.491 e. The molecular weight excluding hydrogens is 345 g/mol. The number of hydrogen-bond donors (Lipinski definition) is 1. The van der Waals surface area contributed by atoms with Crippen molar-refractivity contribution in [3.05, 3.63) is 65.2 Å². The summed E-state index contributed by atoms with van der Waals surface area (Å²) in [6.45, 7) is 4.00. The van der Waals surface area contributed by atoms with Gasteiger partial charge in [0, 0.05) is 5.56 Å². The number of rotatable bonds is 6. The molecule has 0 fully saturated rings. The number of halogens is 3. The maximum Gasteiger partial charge on any atom is 0.416 e. The van der Waals surface area contributed by atoms with Crippen LogP contribution in [0.3, 0.4) is 0 Å². The fourth-order valence-corrected chi connectivity index (χ4v) is 2.01. The van der Waals surface area contributed by atoms with Crippen molar-refractivity contribution in [2.45, 2.75) is 32.5 Å². The van der Waals surface area contributed by atoms with Crippen molar-refractivity contribution in [1.82, 2.24) is 5.43 Å². The van der Waals surface area contributed by atoms with Gasteiger partial charge < -0.3 is 4.74 Å². The number of nitrogens with zero attached hydrogens (tertiary/aromatic N) is 1. The van der Waals surface area contributed by atoms with Crippen LogP contribution in [0.1, 0.15) is 41.8 Å².